The number of hydrogen-bond donors (Lipinski definition) is 1. The molecular formula is C11H12ClN. The van der Waals surface area contributed by atoms with Gasteiger partial charge in [0.2, 0.25) is 0 Å². The molecule has 0 amide bonds. The Morgan fingerprint density at radius 2 is 2.15 bits per heavy atom. The molecule has 1 fully saturated rings. The largest absolute Gasteiger partial charge is 0.307 e. The van der Waals surface area contributed by atoms with Gasteiger partial charge in [-0.2, -0.15) is 0 Å². The highest BCUT2D eigenvalue weighted by Crippen LogP contribution is 2.43. The molecule has 1 aliphatic carbocycles. The number of fused-ring (bicyclic) bond motifs is 2. The average Bonchev–Trinajstić information content (AvgIpc) is 2.41. The summed E-state index contributed by atoms with van der Waals surface area (Å²) >= 11 is 5.96. The summed E-state index contributed by atoms with van der Waals surface area (Å²) < 4.78 is 0. The zero-order chi connectivity index (χ0) is 8.89. The highest BCUT2D eigenvalue weighted by atomic mass is 35.5. The van der Waals surface area contributed by atoms with Crippen molar-refractivity contribution in [2.24, 2.45) is 0 Å². The van der Waals surface area contributed by atoms with Gasteiger partial charge in [0.05, 0.1) is 0 Å². The number of rotatable bonds is 0. The smallest absolute Gasteiger partial charge is 0.0452 e. The average molecular weight is 194 g/mol. The minimum atomic E-state index is 0.333. The SMILES string of the molecule is Clc1ccc2c(c1)CC[C@]21CCN1. The van der Waals surface area contributed by atoms with Crippen LogP contribution in [-0.4, -0.2) is 6.54 Å². The van der Waals surface area contributed by atoms with Crippen molar-refractivity contribution in [3.8, 4) is 0 Å². The first-order valence-electron chi connectivity index (χ1n) is 4.84. The van der Waals surface area contributed by atoms with Crippen LogP contribution in [0.5, 0.6) is 0 Å². The van der Waals surface area contributed by atoms with Crippen molar-refractivity contribution >= 4 is 11.6 Å². The zero-order valence-corrected chi connectivity index (χ0v) is 8.19. The summed E-state index contributed by atoms with van der Waals surface area (Å²) in [7, 11) is 0. The monoisotopic (exact) mass is 193 g/mol. The molecule has 1 aromatic rings. The van der Waals surface area contributed by atoms with Crippen LogP contribution in [0.1, 0.15) is 24.0 Å². The summed E-state index contributed by atoms with van der Waals surface area (Å²) in [5.74, 6) is 0. The van der Waals surface area contributed by atoms with E-state index in [2.05, 4.69) is 17.4 Å². The molecule has 1 aromatic carbocycles. The van der Waals surface area contributed by atoms with Crippen molar-refractivity contribution in [3.63, 3.8) is 0 Å². The molecule has 0 radical (unpaired) electrons. The summed E-state index contributed by atoms with van der Waals surface area (Å²) in [5.41, 5.74) is 3.27. The van der Waals surface area contributed by atoms with E-state index in [1.165, 1.54) is 36.9 Å². The topological polar surface area (TPSA) is 12.0 Å². The third kappa shape index (κ3) is 0.976. The van der Waals surface area contributed by atoms with Crippen molar-refractivity contribution in [2.45, 2.75) is 24.8 Å². The van der Waals surface area contributed by atoms with Gasteiger partial charge in [0.25, 0.3) is 0 Å². The Kier molecular flexibility index (Phi) is 1.50. The Bertz CT molecular complexity index is 355. The normalized spacial score (nSPS) is 30.2. The van der Waals surface area contributed by atoms with Gasteiger partial charge in [-0.05, 0) is 49.1 Å². The molecule has 1 atom stereocenters. The number of benzene rings is 1. The van der Waals surface area contributed by atoms with Gasteiger partial charge < -0.3 is 5.32 Å². The first-order chi connectivity index (χ1) is 6.30. The summed E-state index contributed by atoms with van der Waals surface area (Å²) in [6.45, 7) is 1.17. The van der Waals surface area contributed by atoms with Gasteiger partial charge in [0, 0.05) is 10.6 Å². The Hall–Kier alpha value is -0.530. The maximum Gasteiger partial charge on any atom is 0.0452 e. The second-order valence-corrected chi connectivity index (χ2v) is 4.50. The molecule has 1 nitrogen and oxygen atoms in total. The van der Waals surface area contributed by atoms with Gasteiger partial charge in [0.1, 0.15) is 0 Å². The third-order valence-corrected chi connectivity index (χ3v) is 3.65. The van der Waals surface area contributed by atoms with Crippen LogP contribution < -0.4 is 5.32 Å². The van der Waals surface area contributed by atoms with Crippen molar-refractivity contribution in [2.75, 3.05) is 6.54 Å². The highest BCUT2D eigenvalue weighted by molar-refractivity contribution is 6.30. The quantitative estimate of drug-likeness (QED) is 0.668. The van der Waals surface area contributed by atoms with Gasteiger partial charge in [-0.25, -0.2) is 0 Å². The number of aryl methyl sites for hydroxylation is 1. The van der Waals surface area contributed by atoms with Gasteiger partial charge >= 0.3 is 0 Å². The first-order valence-corrected chi connectivity index (χ1v) is 5.22. The lowest BCUT2D eigenvalue weighted by molar-refractivity contribution is 0.210. The molecule has 2 heteroatoms. The fraction of sp³-hybridized carbons (Fsp3) is 0.455. The second kappa shape index (κ2) is 2.49. The van der Waals surface area contributed by atoms with Crippen molar-refractivity contribution in [1.82, 2.24) is 5.32 Å². The predicted octanol–water partition coefficient (Wildman–Crippen LogP) is 2.47. The van der Waals surface area contributed by atoms with Crippen LogP contribution in [0.2, 0.25) is 5.02 Å². The van der Waals surface area contributed by atoms with Crippen LogP contribution in [0, 0.1) is 0 Å². The molecule has 0 aromatic heterocycles. The van der Waals surface area contributed by atoms with Crippen LogP contribution in [0.4, 0.5) is 0 Å². The molecule has 2 aliphatic rings. The van der Waals surface area contributed by atoms with E-state index in [0.717, 1.165) is 5.02 Å². The fourth-order valence-electron chi connectivity index (χ4n) is 2.59. The van der Waals surface area contributed by atoms with Crippen LogP contribution >= 0.6 is 11.6 Å². The molecule has 0 bridgehead atoms. The highest BCUT2D eigenvalue weighted by Gasteiger charge is 2.42. The molecule has 1 heterocycles. The second-order valence-electron chi connectivity index (χ2n) is 4.06. The van der Waals surface area contributed by atoms with Crippen LogP contribution in [0.25, 0.3) is 0 Å². The fourth-order valence-corrected chi connectivity index (χ4v) is 2.78. The lowest BCUT2D eigenvalue weighted by atomic mass is 9.82. The molecule has 1 spiro atoms. The van der Waals surface area contributed by atoms with Crippen LogP contribution in [0.15, 0.2) is 18.2 Å². The summed E-state index contributed by atoms with van der Waals surface area (Å²) in [6, 6.07) is 6.32. The lowest BCUT2D eigenvalue weighted by Gasteiger charge is -2.41. The molecular weight excluding hydrogens is 182 g/mol. The maximum absolute atomic E-state index is 5.96. The Labute approximate surface area is 83.1 Å². The van der Waals surface area contributed by atoms with E-state index in [-0.39, 0.29) is 0 Å². The van der Waals surface area contributed by atoms with Gasteiger partial charge in [-0.3, -0.25) is 0 Å². The van der Waals surface area contributed by atoms with E-state index in [0.29, 0.717) is 5.54 Å². The van der Waals surface area contributed by atoms with Crippen molar-refractivity contribution in [1.29, 1.82) is 0 Å². The minimum absolute atomic E-state index is 0.333. The maximum atomic E-state index is 5.96. The summed E-state index contributed by atoms with van der Waals surface area (Å²) in [6.07, 6.45) is 3.73. The van der Waals surface area contributed by atoms with E-state index >= 15 is 0 Å². The molecule has 13 heavy (non-hydrogen) atoms. The predicted molar refractivity (Wildman–Crippen MR) is 54.1 cm³/mol. The van der Waals surface area contributed by atoms with Gasteiger partial charge in [-0.15, -0.1) is 0 Å². The molecule has 0 unspecified atom stereocenters. The number of halogens is 1. The molecule has 3 rings (SSSR count). The van der Waals surface area contributed by atoms with E-state index in [1.807, 2.05) is 6.07 Å². The Morgan fingerprint density at radius 3 is 2.85 bits per heavy atom. The Morgan fingerprint density at radius 1 is 1.31 bits per heavy atom. The molecule has 1 N–H and O–H groups in total. The first kappa shape index (κ1) is 7.84. The molecule has 68 valence electrons. The lowest BCUT2D eigenvalue weighted by Crippen LogP contribution is -2.52. The molecule has 1 saturated heterocycles. The van der Waals surface area contributed by atoms with E-state index in [9.17, 15) is 0 Å². The van der Waals surface area contributed by atoms with Crippen LogP contribution in [0.3, 0.4) is 0 Å². The van der Waals surface area contributed by atoms with E-state index in [4.69, 9.17) is 11.6 Å². The number of hydrogen-bond acceptors (Lipinski definition) is 1. The molecule has 0 saturated carbocycles. The third-order valence-electron chi connectivity index (χ3n) is 3.42. The summed E-state index contributed by atoms with van der Waals surface area (Å²) in [5, 5.41) is 4.42. The van der Waals surface area contributed by atoms with Crippen LogP contribution in [-0.2, 0) is 12.0 Å². The van der Waals surface area contributed by atoms with Gasteiger partial charge in [0.15, 0.2) is 0 Å². The van der Waals surface area contributed by atoms with E-state index in [1.54, 1.807) is 0 Å². The van der Waals surface area contributed by atoms with E-state index < -0.39 is 0 Å². The number of nitrogens with one attached hydrogen (secondary N) is 1. The van der Waals surface area contributed by atoms with Crippen molar-refractivity contribution in [3.05, 3.63) is 34.3 Å². The van der Waals surface area contributed by atoms with Crippen molar-refractivity contribution < 1.29 is 0 Å². The van der Waals surface area contributed by atoms with Gasteiger partial charge in [-0.1, -0.05) is 17.7 Å². The molecule has 1 aliphatic heterocycles. The summed E-state index contributed by atoms with van der Waals surface area (Å²) in [4.78, 5) is 0. The zero-order valence-electron chi connectivity index (χ0n) is 7.44. The Balaban J connectivity index is 2.11. The standard InChI is InChI=1S/C11H12ClN/c12-9-1-2-10-8(7-9)3-4-11(10)5-6-13-11/h1-2,7,13H,3-6H2/t11-/m0/s1. The minimum Gasteiger partial charge on any atom is -0.307 e.